The molecule has 3 nitrogen and oxygen atoms in total. The molecule has 2 heterocycles. The van der Waals surface area contributed by atoms with Crippen LogP contribution in [0.2, 0.25) is 5.02 Å². The molecule has 1 aliphatic heterocycles. The Kier molecular flexibility index (Phi) is 3.87. The van der Waals surface area contributed by atoms with E-state index in [1.807, 2.05) is 60.5 Å². The number of rotatable bonds is 1. The lowest BCUT2D eigenvalue weighted by Crippen LogP contribution is -2.14. The summed E-state index contributed by atoms with van der Waals surface area (Å²) in [5, 5.41) is 0.681. The molecule has 5 heteroatoms. The molecule has 0 aliphatic carbocycles. The Labute approximate surface area is 153 Å². The molecule has 1 aliphatic rings. The van der Waals surface area contributed by atoms with E-state index in [-0.39, 0.29) is 0 Å². The number of benzene rings is 2. The molecule has 0 saturated carbocycles. The molecule has 0 unspecified atom stereocenters. The molecule has 2 aromatic carbocycles. The van der Waals surface area contributed by atoms with Crippen LogP contribution >= 0.6 is 27.5 Å². The molecular formula is C19H13BrClN3. The van der Waals surface area contributed by atoms with Gasteiger partial charge in [-0.15, -0.1) is 0 Å². The second kappa shape index (κ2) is 6.04. The summed E-state index contributed by atoms with van der Waals surface area (Å²) in [6.45, 7) is 0. The van der Waals surface area contributed by atoms with Crippen LogP contribution in [0.4, 0.5) is 17.2 Å². The number of halogens is 2. The van der Waals surface area contributed by atoms with Crippen molar-refractivity contribution in [3.63, 3.8) is 0 Å². The van der Waals surface area contributed by atoms with Crippen LogP contribution in [-0.2, 0) is 0 Å². The summed E-state index contributed by atoms with van der Waals surface area (Å²) in [4.78, 5) is 11.5. The van der Waals surface area contributed by atoms with Crippen molar-refractivity contribution in [3.05, 3.63) is 81.4 Å². The first-order chi connectivity index (χ1) is 11.6. The van der Waals surface area contributed by atoms with Crippen LogP contribution in [0.5, 0.6) is 0 Å². The summed E-state index contributed by atoms with van der Waals surface area (Å²) in [7, 11) is 2.00. The molecule has 0 N–H and O–H groups in total. The molecule has 3 aromatic rings. The van der Waals surface area contributed by atoms with Crippen LogP contribution in [0.15, 0.2) is 70.3 Å². The minimum atomic E-state index is 0.681. The van der Waals surface area contributed by atoms with Crippen molar-refractivity contribution < 1.29 is 0 Å². The van der Waals surface area contributed by atoms with Gasteiger partial charge in [-0.2, -0.15) is 0 Å². The van der Waals surface area contributed by atoms with Gasteiger partial charge in [-0.3, -0.25) is 0 Å². The first kappa shape index (κ1) is 15.4. The number of pyridine rings is 1. The minimum absolute atomic E-state index is 0.681. The van der Waals surface area contributed by atoms with Gasteiger partial charge in [-0.25, -0.2) is 9.98 Å². The zero-order valence-electron chi connectivity index (χ0n) is 12.9. The number of anilines is 2. The average Bonchev–Trinajstić information content (AvgIpc) is 2.71. The predicted molar refractivity (Wildman–Crippen MR) is 103 cm³/mol. The highest BCUT2D eigenvalue weighted by molar-refractivity contribution is 9.10. The van der Waals surface area contributed by atoms with Gasteiger partial charge < -0.3 is 4.90 Å². The van der Waals surface area contributed by atoms with E-state index < -0.39 is 0 Å². The molecule has 0 bridgehead atoms. The highest BCUT2D eigenvalue weighted by Crippen LogP contribution is 2.39. The maximum Gasteiger partial charge on any atom is 0.158 e. The van der Waals surface area contributed by atoms with Crippen molar-refractivity contribution in [2.45, 2.75) is 0 Å². The fourth-order valence-corrected chi connectivity index (χ4v) is 3.52. The van der Waals surface area contributed by atoms with Crippen molar-refractivity contribution in [2.75, 3.05) is 11.9 Å². The molecule has 0 saturated heterocycles. The molecular weight excluding hydrogens is 386 g/mol. The number of nitrogens with zero attached hydrogens (tertiary/aromatic N) is 3. The van der Waals surface area contributed by atoms with Crippen LogP contribution in [0.3, 0.4) is 0 Å². The van der Waals surface area contributed by atoms with E-state index in [0.717, 1.165) is 38.5 Å². The van der Waals surface area contributed by atoms with Gasteiger partial charge >= 0.3 is 0 Å². The van der Waals surface area contributed by atoms with Gasteiger partial charge in [0.25, 0.3) is 0 Å². The van der Waals surface area contributed by atoms with Gasteiger partial charge in [-0.05, 0) is 36.4 Å². The smallest absolute Gasteiger partial charge is 0.158 e. The third-order valence-corrected chi connectivity index (χ3v) is 4.95. The van der Waals surface area contributed by atoms with Crippen LogP contribution in [0, 0.1) is 0 Å². The SMILES string of the molecule is CN1c2ccc(Cl)cc2C(c2ccccc2Br)=Nc2cccnc21. The summed E-state index contributed by atoms with van der Waals surface area (Å²) < 4.78 is 0.990. The molecule has 1 aromatic heterocycles. The van der Waals surface area contributed by atoms with Crippen molar-refractivity contribution in [2.24, 2.45) is 4.99 Å². The Morgan fingerprint density at radius 3 is 2.67 bits per heavy atom. The number of hydrogen-bond acceptors (Lipinski definition) is 3. The standard InChI is InChI=1S/C19H13BrClN3/c1-24-17-9-8-12(21)11-14(17)18(13-5-2-3-6-15(13)20)23-16-7-4-10-22-19(16)24/h2-11H,1H3. The summed E-state index contributed by atoms with van der Waals surface area (Å²) in [5.41, 5.74) is 4.73. The first-order valence-electron chi connectivity index (χ1n) is 7.47. The Bertz CT molecular complexity index is 968. The molecule has 118 valence electrons. The normalized spacial score (nSPS) is 13.0. The van der Waals surface area contributed by atoms with Crippen molar-refractivity contribution in [1.29, 1.82) is 0 Å². The number of fused-ring (bicyclic) bond motifs is 2. The number of hydrogen-bond donors (Lipinski definition) is 0. The van der Waals surface area contributed by atoms with E-state index >= 15 is 0 Å². The fourth-order valence-electron chi connectivity index (χ4n) is 2.88. The zero-order chi connectivity index (χ0) is 16.7. The highest BCUT2D eigenvalue weighted by Gasteiger charge is 2.23. The van der Waals surface area contributed by atoms with Crippen LogP contribution in [0.1, 0.15) is 11.1 Å². The molecule has 0 atom stereocenters. The highest BCUT2D eigenvalue weighted by atomic mass is 79.9. The van der Waals surface area contributed by atoms with Crippen molar-refractivity contribution >= 4 is 50.4 Å². The molecule has 4 rings (SSSR count). The Morgan fingerprint density at radius 2 is 1.83 bits per heavy atom. The van der Waals surface area contributed by atoms with Crippen LogP contribution in [0.25, 0.3) is 0 Å². The maximum atomic E-state index is 6.28. The lowest BCUT2D eigenvalue weighted by atomic mass is 10.0. The topological polar surface area (TPSA) is 28.5 Å². The van der Waals surface area contributed by atoms with Gasteiger partial charge in [0.2, 0.25) is 0 Å². The first-order valence-corrected chi connectivity index (χ1v) is 8.64. The van der Waals surface area contributed by atoms with Crippen molar-refractivity contribution in [3.8, 4) is 0 Å². The fraction of sp³-hybridized carbons (Fsp3) is 0.0526. The zero-order valence-corrected chi connectivity index (χ0v) is 15.2. The van der Waals surface area contributed by atoms with Gasteiger partial charge in [0, 0.05) is 33.9 Å². The minimum Gasteiger partial charge on any atom is -0.327 e. The monoisotopic (exact) mass is 397 g/mol. The van der Waals surface area contributed by atoms with E-state index in [0.29, 0.717) is 5.02 Å². The summed E-state index contributed by atoms with van der Waals surface area (Å²) in [6, 6.07) is 17.8. The Balaban J connectivity index is 2.08. The van der Waals surface area contributed by atoms with Crippen molar-refractivity contribution in [1.82, 2.24) is 4.98 Å². The largest absolute Gasteiger partial charge is 0.327 e. The van der Waals surface area contributed by atoms with Gasteiger partial charge in [0.15, 0.2) is 5.82 Å². The van der Waals surface area contributed by atoms with E-state index in [1.165, 1.54) is 0 Å². The van der Waals surface area contributed by atoms with Crippen LogP contribution in [-0.4, -0.2) is 17.7 Å². The molecule has 0 amide bonds. The second-order valence-electron chi connectivity index (χ2n) is 5.51. The third kappa shape index (κ3) is 2.52. The molecule has 0 radical (unpaired) electrons. The van der Waals surface area contributed by atoms with E-state index in [1.54, 1.807) is 6.20 Å². The number of aromatic nitrogens is 1. The average molecular weight is 399 g/mol. The Hall–Kier alpha value is -2.17. The lowest BCUT2D eigenvalue weighted by molar-refractivity contribution is 1.13. The second-order valence-corrected chi connectivity index (χ2v) is 6.80. The van der Waals surface area contributed by atoms with E-state index in [4.69, 9.17) is 16.6 Å². The Morgan fingerprint density at radius 1 is 1.00 bits per heavy atom. The maximum absolute atomic E-state index is 6.28. The van der Waals surface area contributed by atoms with E-state index in [9.17, 15) is 0 Å². The van der Waals surface area contributed by atoms with Gasteiger partial charge in [0.05, 0.1) is 11.4 Å². The third-order valence-electron chi connectivity index (χ3n) is 4.02. The summed E-state index contributed by atoms with van der Waals surface area (Å²) in [6.07, 6.45) is 1.78. The quantitative estimate of drug-likeness (QED) is 0.522. The molecule has 24 heavy (non-hydrogen) atoms. The summed E-state index contributed by atoms with van der Waals surface area (Å²) >= 11 is 9.92. The molecule has 0 spiro atoms. The lowest BCUT2D eigenvalue weighted by Gasteiger charge is -2.20. The number of aliphatic imine (C=N–C) groups is 1. The summed E-state index contributed by atoms with van der Waals surface area (Å²) in [5.74, 6) is 0.822. The van der Waals surface area contributed by atoms with E-state index in [2.05, 4.69) is 27.0 Å². The predicted octanol–water partition coefficient (Wildman–Crippen LogP) is 5.75. The van der Waals surface area contributed by atoms with Gasteiger partial charge in [-0.1, -0.05) is 45.7 Å². The van der Waals surface area contributed by atoms with Crippen LogP contribution < -0.4 is 4.90 Å². The molecule has 0 fully saturated rings. The van der Waals surface area contributed by atoms with Gasteiger partial charge in [0.1, 0.15) is 5.69 Å².